The van der Waals surface area contributed by atoms with Crippen molar-refractivity contribution in [3.8, 4) is 0 Å². The zero-order chi connectivity index (χ0) is 13.0. The van der Waals surface area contributed by atoms with Gasteiger partial charge >= 0.3 is 0 Å². The molecule has 0 bridgehead atoms. The van der Waals surface area contributed by atoms with E-state index in [4.69, 9.17) is 0 Å². The molecule has 1 aliphatic rings. The molecule has 0 atom stereocenters. The molecule has 5 nitrogen and oxygen atoms in total. The minimum atomic E-state index is -0.346. The SMILES string of the molecule is O=[N+]([O-])c1ccccc1CNC1CCC(O)CC1. The van der Waals surface area contributed by atoms with E-state index in [0.717, 1.165) is 25.7 Å². The molecule has 1 aromatic rings. The summed E-state index contributed by atoms with van der Waals surface area (Å²) in [5, 5.41) is 23.6. The fourth-order valence-corrected chi connectivity index (χ4v) is 2.37. The van der Waals surface area contributed by atoms with Crippen molar-refractivity contribution in [1.29, 1.82) is 0 Å². The Kier molecular flexibility index (Phi) is 4.28. The van der Waals surface area contributed by atoms with E-state index in [1.165, 1.54) is 6.07 Å². The molecule has 98 valence electrons. The Morgan fingerprint density at radius 3 is 2.61 bits per heavy atom. The fourth-order valence-electron chi connectivity index (χ4n) is 2.37. The van der Waals surface area contributed by atoms with Crippen molar-refractivity contribution in [2.45, 2.75) is 44.4 Å². The minimum Gasteiger partial charge on any atom is -0.393 e. The molecular formula is C13H18N2O3. The highest BCUT2D eigenvalue weighted by atomic mass is 16.6. The first-order chi connectivity index (χ1) is 8.66. The molecule has 1 saturated carbocycles. The lowest BCUT2D eigenvalue weighted by atomic mass is 9.93. The van der Waals surface area contributed by atoms with Gasteiger partial charge in [0.1, 0.15) is 0 Å². The number of nitrogens with zero attached hydrogens (tertiary/aromatic N) is 1. The smallest absolute Gasteiger partial charge is 0.273 e. The summed E-state index contributed by atoms with van der Waals surface area (Å²) in [5.41, 5.74) is 0.884. The van der Waals surface area contributed by atoms with Gasteiger partial charge in [0.25, 0.3) is 5.69 Å². The third-order valence-electron chi connectivity index (χ3n) is 3.47. The zero-order valence-corrected chi connectivity index (χ0v) is 10.2. The molecule has 1 aliphatic carbocycles. The van der Waals surface area contributed by atoms with Crippen LogP contribution in [0.2, 0.25) is 0 Å². The second-order valence-corrected chi connectivity index (χ2v) is 4.77. The number of aliphatic hydroxyl groups is 1. The maximum atomic E-state index is 10.9. The standard InChI is InChI=1S/C13H18N2O3/c16-12-7-5-11(6-8-12)14-9-10-3-1-2-4-13(10)15(17)18/h1-4,11-12,14,16H,5-9H2. The fraction of sp³-hybridized carbons (Fsp3) is 0.538. The molecule has 0 heterocycles. The first-order valence-electron chi connectivity index (χ1n) is 6.30. The first kappa shape index (κ1) is 13.0. The van der Waals surface area contributed by atoms with Crippen LogP contribution in [-0.4, -0.2) is 22.2 Å². The topological polar surface area (TPSA) is 75.4 Å². The summed E-state index contributed by atoms with van der Waals surface area (Å²) in [6, 6.07) is 7.16. The molecule has 2 rings (SSSR count). The molecule has 2 N–H and O–H groups in total. The highest BCUT2D eigenvalue weighted by Crippen LogP contribution is 2.21. The number of para-hydroxylation sites is 1. The Morgan fingerprint density at radius 1 is 1.28 bits per heavy atom. The van der Waals surface area contributed by atoms with E-state index < -0.39 is 0 Å². The van der Waals surface area contributed by atoms with Gasteiger partial charge in [-0.1, -0.05) is 18.2 Å². The van der Waals surface area contributed by atoms with E-state index in [9.17, 15) is 15.2 Å². The molecule has 0 aromatic heterocycles. The van der Waals surface area contributed by atoms with Crippen LogP contribution in [0, 0.1) is 10.1 Å². The van der Waals surface area contributed by atoms with Crippen molar-refractivity contribution < 1.29 is 10.0 Å². The van der Waals surface area contributed by atoms with Gasteiger partial charge in [-0.15, -0.1) is 0 Å². The Morgan fingerprint density at radius 2 is 1.94 bits per heavy atom. The van der Waals surface area contributed by atoms with Gasteiger partial charge < -0.3 is 10.4 Å². The maximum absolute atomic E-state index is 10.9. The van der Waals surface area contributed by atoms with E-state index in [2.05, 4.69) is 5.32 Å². The van der Waals surface area contributed by atoms with Gasteiger partial charge in [-0.2, -0.15) is 0 Å². The van der Waals surface area contributed by atoms with Gasteiger partial charge in [-0.3, -0.25) is 10.1 Å². The number of hydrogen-bond donors (Lipinski definition) is 2. The van der Waals surface area contributed by atoms with Crippen molar-refractivity contribution in [2.75, 3.05) is 0 Å². The van der Waals surface area contributed by atoms with Crippen molar-refractivity contribution >= 4 is 5.69 Å². The number of hydrogen-bond acceptors (Lipinski definition) is 4. The largest absolute Gasteiger partial charge is 0.393 e. The summed E-state index contributed by atoms with van der Waals surface area (Å²) in [4.78, 5) is 10.5. The van der Waals surface area contributed by atoms with Crippen molar-refractivity contribution in [1.82, 2.24) is 5.32 Å². The van der Waals surface area contributed by atoms with Crippen molar-refractivity contribution in [2.24, 2.45) is 0 Å². The summed E-state index contributed by atoms with van der Waals surface area (Å²) in [6.45, 7) is 0.512. The number of rotatable bonds is 4. The number of nitro benzene ring substituents is 1. The highest BCUT2D eigenvalue weighted by Gasteiger charge is 2.20. The zero-order valence-electron chi connectivity index (χ0n) is 10.2. The minimum absolute atomic E-state index is 0.167. The van der Waals surface area contributed by atoms with Crippen LogP contribution in [-0.2, 0) is 6.54 Å². The van der Waals surface area contributed by atoms with Crippen molar-refractivity contribution in [3.63, 3.8) is 0 Å². The predicted octanol–water partition coefficient (Wildman–Crippen LogP) is 1.99. The molecule has 1 fully saturated rings. The van der Waals surface area contributed by atoms with Crippen LogP contribution in [0.4, 0.5) is 5.69 Å². The number of nitrogens with one attached hydrogen (secondary N) is 1. The average Bonchev–Trinajstić information content (AvgIpc) is 2.38. The highest BCUT2D eigenvalue weighted by molar-refractivity contribution is 5.39. The van der Waals surface area contributed by atoms with Gasteiger partial charge in [-0.05, 0) is 25.7 Å². The molecule has 0 radical (unpaired) electrons. The van der Waals surface area contributed by atoms with Crippen LogP contribution >= 0.6 is 0 Å². The number of aliphatic hydroxyl groups excluding tert-OH is 1. The van der Waals surface area contributed by atoms with Gasteiger partial charge in [-0.25, -0.2) is 0 Å². The lowest BCUT2D eigenvalue weighted by molar-refractivity contribution is -0.385. The summed E-state index contributed by atoms with van der Waals surface area (Å²) in [5.74, 6) is 0. The molecule has 18 heavy (non-hydrogen) atoms. The predicted molar refractivity (Wildman–Crippen MR) is 68.2 cm³/mol. The number of nitro groups is 1. The Balaban J connectivity index is 1.92. The van der Waals surface area contributed by atoms with Gasteiger partial charge in [0.2, 0.25) is 0 Å². The third kappa shape index (κ3) is 3.27. The Hall–Kier alpha value is -1.46. The van der Waals surface area contributed by atoms with E-state index >= 15 is 0 Å². The molecule has 0 saturated heterocycles. The molecule has 0 spiro atoms. The van der Waals surface area contributed by atoms with E-state index in [-0.39, 0.29) is 16.7 Å². The Labute approximate surface area is 106 Å². The third-order valence-corrected chi connectivity index (χ3v) is 3.47. The maximum Gasteiger partial charge on any atom is 0.273 e. The second-order valence-electron chi connectivity index (χ2n) is 4.77. The lowest BCUT2D eigenvalue weighted by Crippen LogP contribution is -2.34. The van der Waals surface area contributed by atoms with E-state index in [1.54, 1.807) is 12.1 Å². The van der Waals surface area contributed by atoms with Crippen LogP contribution < -0.4 is 5.32 Å². The molecular weight excluding hydrogens is 232 g/mol. The van der Waals surface area contributed by atoms with E-state index in [1.807, 2.05) is 6.07 Å². The second kappa shape index (κ2) is 5.93. The van der Waals surface area contributed by atoms with E-state index in [0.29, 0.717) is 18.2 Å². The van der Waals surface area contributed by atoms with Crippen LogP contribution in [0.25, 0.3) is 0 Å². The lowest BCUT2D eigenvalue weighted by Gasteiger charge is -2.26. The summed E-state index contributed by atoms with van der Waals surface area (Å²) in [6.07, 6.45) is 3.32. The Bertz CT molecular complexity index is 414. The first-order valence-corrected chi connectivity index (χ1v) is 6.30. The summed E-state index contributed by atoms with van der Waals surface area (Å²) >= 11 is 0. The quantitative estimate of drug-likeness (QED) is 0.633. The average molecular weight is 250 g/mol. The molecule has 5 heteroatoms. The van der Waals surface area contributed by atoms with Crippen molar-refractivity contribution in [3.05, 3.63) is 39.9 Å². The van der Waals surface area contributed by atoms with Gasteiger partial charge in [0.15, 0.2) is 0 Å². The number of benzene rings is 1. The monoisotopic (exact) mass is 250 g/mol. The van der Waals surface area contributed by atoms with Crippen LogP contribution in [0.5, 0.6) is 0 Å². The van der Waals surface area contributed by atoms with Gasteiger partial charge in [0, 0.05) is 24.2 Å². The summed E-state index contributed by atoms with van der Waals surface area (Å²) in [7, 11) is 0. The molecule has 0 unspecified atom stereocenters. The van der Waals surface area contributed by atoms with Crippen LogP contribution in [0.1, 0.15) is 31.2 Å². The summed E-state index contributed by atoms with van der Waals surface area (Å²) < 4.78 is 0. The molecule has 0 aliphatic heterocycles. The van der Waals surface area contributed by atoms with Crippen LogP contribution in [0.15, 0.2) is 24.3 Å². The van der Waals surface area contributed by atoms with Crippen LogP contribution in [0.3, 0.4) is 0 Å². The van der Waals surface area contributed by atoms with Gasteiger partial charge in [0.05, 0.1) is 11.0 Å². The normalized spacial score (nSPS) is 23.8. The molecule has 1 aromatic carbocycles. The molecule has 0 amide bonds.